The second kappa shape index (κ2) is 3.02. The Morgan fingerprint density at radius 1 is 1.25 bits per heavy atom. The van der Waals surface area contributed by atoms with Gasteiger partial charge in [-0.05, 0) is 49.4 Å². The second-order valence-electron chi connectivity index (χ2n) is 5.20. The molecule has 0 amide bonds. The molecule has 1 heteroatoms. The average Bonchev–Trinajstić information content (AvgIpc) is 2.53. The molecule has 2 N–H and O–H groups in total. The molecule has 70 valence electrons. The Balaban J connectivity index is 1.98. The van der Waals surface area contributed by atoms with E-state index in [-0.39, 0.29) is 0 Å². The Labute approximate surface area is 75.7 Å². The van der Waals surface area contributed by atoms with Crippen LogP contribution in [0.5, 0.6) is 0 Å². The molecule has 0 unspecified atom stereocenters. The highest BCUT2D eigenvalue weighted by atomic mass is 14.7. The van der Waals surface area contributed by atoms with E-state index in [0.29, 0.717) is 6.04 Å². The maximum absolute atomic E-state index is 6.21. The zero-order valence-corrected chi connectivity index (χ0v) is 8.29. The van der Waals surface area contributed by atoms with Crippen LogP contribution in [0.4, 0.5) is 0 Å². The Morgan fingerprint density at radius 2 is 1.92 bits per heavy atom. The molecule has 0 spiro atoms. The number of hydrogen-bond donors (Lipinski definition) is 1. The lowest BCUT2D eigenvalue weighted by molar-refractivity contribution is 0.248. The Kier molecular flexibility index (Phi) is 2.16. The van der Waals surface area contributed by atoms with Gasteiger partial charge in [-0.25, -0.2) is 0 Å². The highest BCUT2D eigenvalue weighted by Crippen LogP contribution is 2.49. The van der Waals surface area contributed by atoms with E-state index in [2.05, 4.69) is 13.8 Å². The molecule has 0 radical (unpaired) electrons. The van der Waals surface area contributed by atoms with E-state index in [1.54, 1.807) is 0 Å². The van der Waals surface area contributed by atoms with Crippen molar-refractivity contribution in [2.45, 2.75) is 45.6 Å². The molecule has 2 aliphatic rings. The van der Waals surface area contributed by atoms with Gasteiger partial charge in [-0.15, -0.1) is 0 Å². The number of hydrogen-bond acceptors (Lipinski definition) is 1. The molecule has 2 aliphatic carbocycles. The van der Waals surface area contributed by atoms with Crippen molar-refractivity contribution < 1.29 is 0 Å². The van der Waals surface area contributed by atoms with Crippen LogP contribution in [0.1, 0.15) is 39.5 Å². The molecule has 0 saturated heterocycles. The molecular formula is C11H21N. The number of nitrogens with two attached hydrogens (primary N) is 1. The van der Waals surface area contributed by atoms with E-state index >= 15 is 0 Å². The number of rotatable bonds is 2. The van der Waals surface area contributed by atoms with Crippen LogP contribution in [-0.2, 0) is 0 Å². The fraction of sp³-hybridized carbons (Fsp3) is 1.00. The highest BCUT2D eigenvalue weighted by Gasteiger charge is 2.45. The molecule has 12 heavy (non-hydrogen) atoms. The summed E-state index contributed by atoms with van der Waals surface area (Å²) in [5.41, 5.74) is 6.21. The molecule has 0 heterocycles. The lowest BCUT2D eigenvalue weighted by atomic mass is 9.80. The first-order valence-electron chi connectivity index (χ1n) is 5.44. The molecule has 2 rings (SSSR count). The third kappa shape index (κ3) is 1.28. The molecule has 0 aromatic rings. The summed E-state index contributed by atoms with van der Waals surface area (Å²) in [5.74, 6) is 3.58. The van der Waals surface area contributed by atoms with Crippen LogP contribution < -0.4 is 5.73 Å². The van der Waals surface area contributed by atoms with Gasteiger partial charge in [-0.3, -0.25) is 0 Å². The van der Waals surface area contributed by atoms with Crippen molar-refractivity contribution in [3.8, 4) is 0 Å². The first-order chi connectivity index (χ1) is 5.68. The van der Waals surface area contributed by atoms with Crippen molar-refractivity contribution in [1.82, 2.24) is 0 Å². The van der Waals surface area contributed by atoms with Gasteiger partial charge < -0.3 is 5.73 Å². The third-order valence-corrected chi connectivity index (χ3v) is 3.90. The zero-order chi connectivity index (χ0) is 8.72. The van der Waals surface area contributed by atoms with Crippen LogP contribution in [0.2, 0.25) is 0 Å². The van der Waals surface area contributed by atoms with Crippen LogP contribution in [0, 0.1) is 23.7 Å². The van der Waals surface area contributed by atoms with Crippen LogP contribution >= 0.6 is 0 Å². The Hall–Kier alpha value is -0.0400. The average molecular weight is 167 g/mol. The summed E-state index contributed by atoms with van der Waals surface area (Å²) < 4.78 is 0. The van der Waals surface area contributed by atoms with E-state index in [4.69, 9.17) is 5.73 Å². The topological polar surface area (TPSA) is 26.0 Å². The fourth-order valence-electron chi connectivity index (χ4n) is 3.35. The smallest absolute Gasteiger partial charge is 0.00984 e. The van der Waals surface area contributed by atoms with Crippen molar-refractivity contribution >= 4 is 0 Å². The van der Waals surface area contributed by atoms with Gasteiger partial charge in [0.15, 0.2) is 0 Å². The normalized spacial score (nSPS) is 46.0. The summed E-state index contributed by atoms with van der Waals surface area (Å²) in [6.45, 7) is 4.64. The second-order valence-corrected chi connectivity index (χ2v) is 5.20. The summed E-state index contributed by atoms with van der Waals surface area (Å²) in [6.07, 6.45) is 5.69. The summed E-state index contributed by atoms with van der Waals surface area (Å²) in [5, 5.41) is 0. The van der Waals surface area contributed by atoms with Crippen molar-refractivity contribution in [2.75, 3.05) is 0 Å². The first kappa shape index (κ1) is 8.55. The van der Waals surface area contributed by atoms with Gasteiger partial charge >= 0.3 is 0 Å². The molecule has 0 aromatic heterocycles. The quantitative estimate of drug-likeness (QED) is 0.671. The third-order valence-electron chi connectivity index (χ3n) is 3.90. The summed E-state index contributed by atoms with van der Waals surface area (Å²) >= 11 is 0. The van der Waals surface area contributed by atoms with E-state index in [9.17, 15) is 0 Å². The maximum Gasteiger partial charge on any atom is 0.00984 e. The van der Waals surface area contributed by atoms with Crippen LogP contribution in [0.3, 0.4) is 0 Å². The fourth-order valence-corrected chi connectivity index (χ4v) is 3.35. The molecule has 1 nitrogen and oxygen atoms in total. The maximum atomic E-state index is 6.21. The molecule has 2 saturated carbocycles. The standard InChI is InChI=1S/C11H21N/c1-7(2)5-10-8-3-4-9(6-8)11(10)12/h7-11H,3-6,12H2,1-2H3/t8-,9+,10+,11+/m1/s1. The van der Waals surface area contributed by atoms with Crippen LogP contribution in [0.25, 0.3) is 0 Å². The van der Waals surface area contributed by atoms with Crippen molar-refractivity contribution in [3.63, 3.8) is 0 Å². The molecule has 4 atom stereocenters. The summed E-state index contributed by atoms with van der Waals surface area (Å²) in [4.78, 5) is 0. The van der Waals surface area contributed by atoms with Gasteiger partial charge in [0.05, 0.1) is 0 Å². The Bertz CT molecular complexity index is 162. The van der Waals surface area contributed by atoms with E-state index in [1.165, 1.54) is 25.7 Å². The van der Waals surface area contributed by atoms with Gasteiger partial charge in [0.25, 0.3) is 0 Å². The van der Waals surface area contributed by atoms with E-state index in [0.717, 1.165) is 23.7 Å². The van der Waals surface area contributed by atoms with E-state index in [1.807, 2.05) is 0 Å². The molecule has 2 fully saturated rings. The summed E-state index contributed by atoms with van der Waals surface area (Å²) in [7, 11) is 0. The van der Waals surface area contributed by atoms with Crippen LogP contribution in [0.15, 0.2) is 0 Å². The molecule has 0 aliphatic heterocycles. The van der Waals surface area contributed by atoms with Gasteiger partial charge in [0, 0.05) is 6.04 Å². The van der Waals surface area contributed by atoms with Crippen molar-refractivity contribution in [1.29, 1.82) is 0 Å². The lowest BCUT2D eigenvalue weighted by Crippen LogP contribution is -2.36. The minimum Gasteiger partial charge on any atom is -0.327 e. The van der Waals surface area contributed by atoms with E-state index < -0.39 is 0 Å². The van der Waals surface area contributed by atoms with Crippen molar-refractivity contribution in [2.24, 2.45) is 29.4 Å². The van der Waals surface area contributed by atoms with Crippen LogP contribution in [-0.4, -0.2) is 6.04 Å². The molecule has 0 aromatic carbocycles. The molecular weight excluding hydrogens is 146 g/mol. The first-order valence-corrected chi connectivity index (χ1v) is 5.44. The highest BCUT2D eigenvalue weighted by molar-refractivity contribution is 4.98. The SMILES string of the molecule is CC(C)C[C@H]1[C@@H]2CC[C@@H](C2)[C@@H]1N. The van der Waals surface area contributed by atoms with Gasteiger partial charge in [-0.1, -0.05) is 13.8 Å². The summed E-state index contributed by atoms with van der Waals surface area (Å²) in [6, 6.07) is 0.547. The molecule has 2 bridgehead atoms. The largest absolute Gasteiger partial charge is 0.327 e. The minimum atomic E-state index is 0.547. The Morgan fingerprint density at radius 3 is 2.42 bits per heavy atom. The van der Waals surface area contributed by atoms with Gasteiger partial charge in [0.2, 0.25) is 0 Å². The monoisotopic (exact) mass is 167 g/mol. The zero-order valence-electron chi connectivity index (χ0n) is 8.29. The minimum absolute atomic E-state index is 0.547. The predicted octanol–water partition coefficient (Wildman–Crippen LogP) is 2.41. The van der Waals surface area contributed by atoms with Gasteiger partial charge in [0.1, 0.15) is 0 Å². The van der Waals surface area contributed by atoms with Gasteiger partial charge in [-0.2, -0.15) is 0 Å². The van der Waals surface area contributed by atoms with Crippen molar-refractivity contribution in [3.05, 3.63) is 0 Å². The predicted molar refractivity (Wildman–Crippen MR) is 51.8 cm³/mol. The lowest BCUT2D eigenvalue weighted by Gasteiger charge is -2.29. The number of fused-ring (bicyclic) bond motifs is 2.